The molecule has 20 heavy (non-hydrogen) atoms. The van der Waals surface area contributed by atoms with E-state index in [1.54, 1.807) is 12.1 Å². The molecule has 0 saturated heterocycles. The predicted octanol–water partition coefficient (Wildman–Crippen LogP) is 2.35. The van der Waals surface area contributed by atoms with Gasteiger partial charge in [0.1, 0.15) is 12.3 Å². The Morgan fingerprint density at radius 3 is 2.65 bits per heavy atom. The smallest absolute Gasteiger partial charge is 0.387 e. The Balaban J connectivity index is 2.08. The van der Waals surface area contributed by atoms with Crippen molar-refractivity contribution in [3.63, 3.8) is 0 Å². The van der Waals surface area contributed by atoms with Gasteiger partial charge in [0.15, 0.2) is 0 Å². The van der Waals surface area contributed by atoms with Crippen LogP contribution in [0.5, 0.6) is 5.75 Å². The second kappa shape index (κ2) is 6.61. The van der Waals surface area contributed by atoms with Crippen LogP contribution in [0.1, 0.15) is 13.3 Å². The zero-order valence-corrected chi connectivity index (χ0v) is 10.8. The third kappa shape index (κ3) is 3.75. The lowest BCUT2D eigenvalue weighted by Crippen LogP contribution is -2.01. The molecule has 0 aliphatic heterocycles. The molecule has 0 aliphatic carbocycles. The number of rotatable bonds is 4. The first-order chi connectivity index (χ1) is 9.69. The first-order valence-electron chi connectivity index (χ1n) is 5.98. The van der Waals surface area contributed by atoms with E-state index in [1.165, 1.54) is 16.9 Å². The van der Waals surface area contributed by atoms with E-state index in [0.717, 1.165) is 6.42 Å². The number of hydrogen-bond donors (Lipinski definition) is 0. The standard InChI is InChI=1S/C13H12F2N4O/c1-2-3-4-9-19-17-12(16-18-19)10-5-7-11(8-6-10)20-13(14)15/h5-8,13H,2,9H2,1H3. The average molecular weight is 278 g/mol. The van der Waals surface area contributed by atoms with Gasteiger partial charge in [-0.05, 0) is 29.5 Å². The SMILES string of the molecule is CCC#CCn1nnc(-c2ccc(OC(F)F)cc2)n1. The van der Waals surface area contributed by atoms with Crippen molar-refractivity contribution >= 4 is 0 Å². The molecule has 0 N–H and O–H groups in total. The molecule has 0 radical (unpaired) electrons. The molecule has 0 atom stereocenters. The Labute approximate surface area is 114 Å². The third-order valence-electron chi connectivity index (χ3n) is 2.31. The number of tetrazole rings is 1. The maximum atomic E-state index is 12.0. The highest BCUT2D eigenvalue weighted by Crippen LogP contribution is 2.19. The molecule has 0 bridgehead atoms. The highest BCUT2D eigenvalue weighted by molar-refractivity contribution is 5.55. The monoisotopic (exact) mass is 278 g/mol. The lowest BCUT2D eigenvalue weighted by Gasteiger charge is -2.03. The van der Waals surface area contributed by atoms with Crippen molar-refractivity contribution < 1.29 is 13.5 Å². The highest BCUT2D eigenvalue weighted by atomic mass is 19.3. The fraction of sp³-hybridized carbons (Fsp3) is 0.308. The number of halogens is 2. The van der Waals surface area contributed by atoms with Crippen LogP contribution in [0.3, 0.4) is 0 Å². The number of hydrogen-bond acceptors (Lipinski definition) is 4. The van der Waals surface area contributed by atoms with Crippen LogP contribution in [0.15, 0.2) is 24.3 Å². The average Bonchev–Trinajstić information content (AvgIpc) is 2.88. The van der Waals surface area contributed by atoms with E-state index in [4.69, 9.17) is 0 Å². The van der Waals surface area contributed by atoms with Gasteiger partial charge in [0, 0.05) is 12.0 Å². The summed E-state index contributed by atoms with van der Waals surface area (Å²) < 4.78 is 28.3. The molecule has 1 aromatic heterocycles. The van der Waals surface area contributed by atoms with Crippen LogP contribution < -0.4 is 4.74 Å². The Hall–Kier alpha value is -2.49. The van der Waals surface area contributed by atoms with Crippen LogP contribution in [0.2, 0.25) is 0 Å². The van der Waals surface area contributed by atoms with Crippen molar-refractivity contribution in [2.75, 3.05) is 0 Å². The summed E-state index contributed by atoms with van der Waals surface area (Å²) >= 11 is 0. The van der Waals surface area contributed by atoms with Gasteiger partial charge < -0.3 is 4.74 Å². The molecule has 2 aromatic rings. The maximum absolute atomic E-state index is 12.0. The van der Waals surface area contributed by atoms with Gasteiger partial charge in [-0.2, -0.15) is 13.6 Å². The summed E-state index contributed by atoms with van der Waals surface area (Å²) in [5, 5.41) is 11.9. The molecule has 5 nitrogen and oxygen atoms in total. The molecule has 0 spiro atoms. The molecular formula is C13H12F2N4O. The quantitative estimate of drug-likeness (QED) is 0.806. The fourth-order valence-corrected chi connectivity index (χ4v) is 1.46. The first-order valence-corrected chi connectivity index (χ1v) is 5.98. The minimum Gasteiger partial charge on any atom is -0.435 e. The van der Waals surface area contributed by atoms with Crippen molar-refractivity contribution in [1.82, 2.24) is 20.2 Å². The second-order valence-electron chi connectivity index (χ2n) is 3.75. The molecule has 0 aliphatic rings. The Morgan fingerprint density at radius 2 is 2.00 bits per heavy atom. The van der Waals surface area contributed by atoms with Crippen LogP contribution >= 0.6 is 0 Å². The molecule has 0 unspecified atom stereocenters. The van der Waals surface area contributed by atoms with Crippen molar-refractivity contribution in [1.29, 1.82) is 0 Å². The van der Waals surface area contributed by atoms with Crippen molar-refractivity contribution in [3.05, 3.63) is 24.3 Å². The Bertz CT molecular complexity index is 613. The van der Waals surface area contributed by atoms with Crippen LogP contribution in [-0.2, 0) is 6.54 Å². The van der Waals surface area contributed by atoms with Crippen LogP contribution in [0.4, 0.5) is 8.78 Å². The lowest BCUT2D eigenvalue weighted by atomic mass is 10.2. The van der Waals surface area contributed by atoms with Gasteiger partial charge in [-0.1, -0.05) is 12.8 Å². The molecule has 1 aromatic carbocycles. The number of aromatic nitrogens is 4. The van der Waals surface area contributed by atoms with Gasteiger partial charge in [0.25, 0.3) is 0 Å². The summed E-state index contributed by atoms with van der Waals surface area (Å²) in [6.07, 6.45) is 0.771. The topological polar surface area (TPSA) is 52.8 Å². The predicted molar refractivity (Wildman–Crippen MR) is 68.0 cm³/mol. The molecule has 2 rings (SSSR count). The van der Waals surface area contributed by atoms with E-state index in [2.05, 4.69) is 32.0 Å². The summed E-state index contributed by atoms with van der Waals surface area (Å²) in [7, 11) is 0. The van der Waals surface area contributed by atoms with E-state index in [-0.39, 0.29) is 5.75 Å². The second-order valence-corrected chi connectivity index (χ2v) is 3.75. The van der Waals surface area contributed by atoms with Gasteiger partial charge in [0.2, 0.25) is 5.82 Å². The molecule has 104 valence electrons. The van der Waals surface area contributed by atoms with Crippen LogP contribution in [0, 0.1) is 11.8 Å². The molecule has 7 heteroatoms. The maximum Gasteiger partial charge on any atom is 0.387 e. The van der Waals surface area contributed by atoms with E-state index in [9.17, 15) is 8.78 Å². The zero-order chi connectivity index (χ0) is 14.4. The minimum atomic E-state index is -2.84. The van der Waals surface area contributed by atoms with Crippen LogP contribution in [0.25, 0.3) is 11.4 Å². The van der Waals surface area contributed by atoms with Gasteiger partial charge in [0.05, 0.1) is 0 Å². The van der Waals surface area contributed by atoms with E-state index < -0.39 is 6.61 Å². The van der Waals surface area contributed by atoms with Crippen molar-refractivity contribution in [3.8, 4) is 29.0 Å². The lowest BCUT2D eigenvalue weighted by molar-refractivity contribution is -0.0498. The Kier molecular flexibility index (Phi) is 4.60. The van der Waals surface area contributed by atoms with Gasteiger partial charge in [-0.25, -0.2) is 0 Å². The van der Waals surface area contributed by atoms with E-state index in [0.29, 0.717) is 17.9 Å². The van der Waals surface area contributed by atoms with Gasteiger partial charge >= 0.3 is 6.61 Å². The third-order valence-corrected chi connectivity index (χ3v) is 2.31. The fourth-order valence-electron chi connectivity index (χ4n) is 1.46. The molecular weight excluding hydrogens is 266 g/mol. The minimum absolute atomic E-state index is 0.0879. The molecule has 0 fully saturated rings. The molecule has 0 saturated carbocycles. The number of ether oxygens (including phenoxy) is 1. The number of alkyl halides is 2. The van der Waals surface area contributed by atoms with E-state index in [1.807, 2.05) is 6.92 Å². The van der Waals surface area contributed by atoms with Gasteiger partial charge in [-0.15, -0.1) is 16.1 Å². The molecule has 1 heterocycles. The molecule has 0 amide bonds. The summed E-state index contributed by atoms with van der Waals surface area (Å²) in [5.74, 6) is 6.29. The number of nitrogens with zero attached hydrogens (tertiary/aromatic N) is 4. The summed E-state index contributed by atoms with van der Waals surface area (Å²) in [4.78, 5) is 1.38. The Morgan fingerprint density at radius 1 is 1.25 bits per heavy atom. The largest absolute Gasteiger partial charge is 0.435 e. The van der Waals surface area contributed by atoms with Crippen LogP contribution in [-0.4, -0.2) is 26.8 Å². The highest BCUT2D eigenvalue weighted by Gasteiger charge is 2.07. The summed E-state index contributed by atoms with van der Waals surface area (Å²) in [6.45, 7) is -0.513. The van der Waals surface area contributed by atoms with Crippen molar-refractivity contribution in [2.24, 2.45) is 0 Å². The number of benzene rings is 1. The van der Waals surface area contributed by atoms with Crippen molar-refractivity contribution in [2.45, 2.75) is 26.5 Å². The first kappa shape index (κ1) is 13.9. The zero-order valence-electron chi connectivity index (χ0n) is 10.8. The summed E-state index contributed by atoms with van der Waals surface area (Å²) in [6, 6.07) is 6.05. The normalized spacial score (nSPS) is 10.2. The van der Waals surface area contributed by atoms with Gasteiger partial charge in [-0.3, -0.25) is 0 Å². The van der Waals surface area contributed by atoms with E-state index >= 15 is 0 Å². The summed E-state index contributed by atoms with van der Waals surface area (Å²) in [5.41, 5.74) is 0.668.